The number of nitrogens with zero attached hydrogens (tertiary/aromatic N) is 1. The number of phosphoric ester groups is 1. The molecular weight excluding hydrogens is 671 g/mol. The van der Waals surface area contributed by atoms with Gasteiger partial charge in [0.15, 0.2) is 0 Å². The molecule has 0 heterocycles. The minimum atomic E-state index is -4.35. The molecule has 3 atom stereocenters. The largest absolute Gasteiger partial charge is 0.472 e. The standard InChI is InChI=1S/C43H79N2O6P/c1-6-8-10-12-14-16-18-19-20-21-22-23-24-25-27-29-31-33-35-37-43(47)44-41(40-51-52(48,49)50-39-38-45(3,4)5)42(46)36-34-32-30-28-26-17-15-13-11-9-7-2/h11,13-14,16,18-19,26,28,34,36,41-42,46H,6-10,12,15,17,20-25,27,29-33,35,37-40H2,1-5H3,(H-,44,47,48,49)/p+1/b13-11+,16-14-,19-18-,28-26+,36-34+. The molecule has 0 aromatic carbocycles. The van der Waals surface area contributed by atoms with E-state index in [2.05, 4.69) is 67.8 Å². The van der Waals surface area contributed by atoms with Crippen LogP contribution in [-0.4, -0.2) is 73.4 Å². The zero-order valence-electron chi connectivity index (χ0n) is 34.0. The van der Waals surface area contributed by atoms with E-state index in [-0.39, 0.29) is 19.1 Å². The molecule has 8 nitrogen and oxygen atoms in total. The van der Waals surface area contributed by atoms with Crippen LogP contribution in [0.4, 0.5) is 0 Å². The maximum absolute atomic E-state index is 12.8. The summed E-state index contributed by atoms with van der Waals surface area (Å²) in [5, 5.41) is 13.7. The van der Waals surface area contributed by atoms with Crippen molar-refractivity contribution in [1.82, 2.24) is 5.32 Å². The number of phosphoric acid groups is 1. The number of hydrogen-bond donors (Lipinski definition) is 3. The van der Waals surface area contributed by atoms with Crippen LogP contribution in [-0.2, 0) is 18.4 Å². The number of likely N-dealkylation sites (N-methyl/N-ethyl adjacent to an activating group) is 1. The molecule has 0 saturated heterocycles. The van der Waals surface area contributed by atoms with E-state index in [0.29, 0.717) is 17.4 Å². The summed E-state index contributed by atoms with van der Waals surface area (Å²) in [6.07, 6.45) is 44.3. The van der Waals surface area contributed by atoms with Gasteiger partial charge in [0, 0.05) is 6.42 Å². The van der Waals surface area contributed by atoms with E-state index in [0.717, 1.165) is 51.4 Å². The number of hydrogen-bond acceptors (Lipinski definition) is 5. The average Bonchev–Trinajstić information content (AvgIpc) is 3.09. The van der Waals surface area contributed by atoms with Crippen LogP contribution in [0.25, 0.3) is 0 Å². The van der Waals surface area contributed by atoms with Gasteiger partial charge in [-0.15, -0.1) is 0 Å². The minimum Gasteiger partial charge on any atom is -0.387 e. The van der Waals surface area contributed by atoms with Gasteiger partial charge in [-0.05, 0) is 64.2 Å². The number of rotatable bonds is 36. The Kier molecular flexibility index (Phi) is 33.7. The zero-order chi connectivity index (χ0) is 38.6. The second kappa shape index (κ2) is 34.9. The summed E-state index contributed by atoms with van der Waals surface area (Å²) < 4.78 is 23.4. The van der Waals surface area contributed by atoms with E-state index in [9.17, 15) is 19.4 Å². The van der Waals surface area contributed by atoms with Gasteiger partial charge in [-0.1, -0.05) is 145 Å². The van der Waals surface area contributed by atoms with E-state index >= 15 is 0 Å². The zero-order valence-corrected chi connectivity index (χ0v) is 34.9. The molecule has 3 unspecified atom stereocenters. The first-order valence-electron chi connectivity index (χ1n) is 20.7. The van der Waals surface area contributed by atoms with Gasteiger partial charge in [-0.2, -0.15) is 0 Å². The predicted octanol–water partition coefficient (Wildman–Crippen LogP) is 11.1. The predicted molar refractivity (Wildman–Crippen MR) is 221 cm³/mol. The molecule has 1 amide bonds. The SMILES string of the molecule is CCC/C=C/CC/C=C/CC/C=C/C(O)C(COP(=O)(O)OCC[N+](C)(C)C)NC(=O)CCCCCCCCCCCC/C=C\C=C/CCCCC. The van der Waals surface area contributed by atoms with Gasteiger partial charge in [0.2, 0.25) is 5.91 Å². The number of aliphatic hydroxyl groups excluding tert-OH is 1. The molecule has 0 aliphatic heterocycles. The molecule has 0 aromatic rings. The summed E-state index contributed by atoms with van der Waals surface area (Å²) in [4.78, 5) is 23.0. The number of amides is 1. The van der Waals surface area contributed by atoms with E-state index in [1.54, 1.807) is 6.08 Å². The van der Waals surface area contributed by atoms with Crippen LogP contribution < -0.4 is 5.32 Å². The van der Waals surface area contributed by atoms with Crippen molar-refractivity contribution in [2.45, 2.75) is 167 Å². The highest BCUT2D eigenvalue weighted by molar-refractivity contribution is 7.47. The van der Waals surface area contributed by atoms with Gasteiger partial charge in [-0.3, -0.25) is 13.8 Å². The molecule has 0 aromatic heterocycles. The number of aliphatic hydroxyl groups is 1. The number of carbonyl (C=O) groups excluding carboxylic acids is 1. The van der Waals surface area contributed by atoms with Gasteiger partial charge >= 0.3 is 7.82 Å². The molecule has 0 aliphatic rings. The molecule has 0 bridgehead atoms. The molecule has 0 fully saturated rings. The topological polar surface area (TPSA) is 105 Å². The highest BCUT2D eigenvalue weighted by Crippen LogP contribution is 2.43. The Morgan fingerprint density at radius 1 is 0.654 bits per heavy atom. The molecule has 0 aliphatic carbocycles. The number of nitrogens with one attached hydrogen (secondary N) is 1. The van der Waals surface area contributed by atoms with Crippen molar-refractivity contribution in [3.63, 3.8) is 0 Å². The van der Waals surface area contributed by atoms with Crippen molar-refractivity contribution in [3.8, 4) is 0 Å². The summed E-state index contributed by atoms with van der Waals surface area (Å²) >= 11 is 0. The van der Waals surface area contributed by atoms with Crippen LogP contribution in [0, 0.1) is 0 Å². The molecular formula is C43H80N2O6P+. The minimum absolute atomic E-state index is 0.0503. The number of carbonyl (C=O) groups is 1. The lowest BCUT2D eigenvalue weighted by Gasteiger charge is -2.25. The van der Waals surface area contributed by atoms with Crippen molar-refractivity contribution in [3.05, 3.63) is 60.8 Å². The second-order valence-corrected chi connectivity index (χ2v) is 16.5. The van der Waals surface area contributed by atoms with Crippen molar-refractivity contribution < 1.29 is 32.9 Å². The third-order valence-corrected chi connectivity index (χ3v) is 9.68. The van der Waals surface area contributed by atoms with Gasteiger partial charge in [-0.25, -0.2) is 4.57 Å². The quantitative estimate of drug-likeness (QED) is 0.0194. The summed E-state index contributed by atoms with van der Waals surface area (Å²) in [5.74, 6) is -0.200. The van der Waals surface area contributed by atoms with Crippen LogP contribution in [0.5, 0.6) is 0 Å². The molecule has 3 N–H and O–H groups in total. The van der Waals surface area contributed by atoms with Crippen LogP contribution in [0.15, 0.2) is 60.8 Å². The summed E-state index contributed by atoms with van der Waals surface area (Å²) in [5.41, 5.74) is 0. The lowest BCUT2D eigenvalue weighted by Crippen LogP contribution is -2.45. The Balaban J connectivity index is 4.45. The van der Waals surface area contributed by atoms with Crippen molar-refractivity contribution in [2.75, 3.05) is 40.9 Å². The Morgan fingerprint density at radius 2 is 1.15 bits per heavy atom. The molecule has 0 saturated carbocycles. The van der Waals surface area contributed by atoms with Crippen LogP contribution in [0.1, 0.15) is 155 Å². The maximum atomic E-state index is 12.8. The third kappa shape index (κ3) is 36.6. The Morgan fingerprint density at radius 3 is 1.69 bits per heavy atom. The monoisotopic (exact) mass is 752 g/mol. The van der Waals surface area contributed by atoms with Crippen LogP contribution in [0.2, 0.25) is 0 Å². The molecule has 0 spiro atoms. The van der Waals surface area contributed by atoms with Crippen molar-refractivity contribution >= 4 is 13.7 Å². The Labute approximate surface area is 320 Å². The summed E-state index contributed by atoms with van der Waals surface area (Å²) in [6, 6.07) is -0.871. The van der Waals surface area contributed by atoms with E-state index in [1.165, 1.54) is 83.5 Å². The summed E-state index contributed by atoms with van der Waals surface area (Å²) in [7, 11) is 1.53. The number of unbranched alkanes of at least 4 members (excludes halogenated alkanes) is 16. The lowest BCUT2D eigenvalue weighted by atomic mass is 10.0. The number of quaternary nitrogens is 1. The highest BCUT2D eigenvalue weighted by atomic mass is 31.2. The molecule has 302 valence electrons. The fourth-order valence-electron chi connectivity index (χ4n) is 5.36. The highest BCUT2D eigenvalue weighted by Gasteiger charge is 2.27. The first kappa shape index (κ1) is 50.2. The van der Waals surface area contributed by atoms with E-state index in [1.807, 2.05) is 27.2 Å². The second-order valence-electron chi connectivity index (χ2n) is 15.0. The lowest BCUT2D eigenvalue weighted by molar-refractivity contribution is -0.870. The molecule has 0 rings (SSSR count). The normalized spacial score (nSPS) is 15.1. The maximum Gasteiger partial charge on any atom is 0.472 e. The number of allylic oxidation sites excluding steroid dienone is 9. The van der Waals surface area contributed by atoms with Crippen LogP contribution in [0.3, 0.4) is 0 Å². The molecule has 52 heavy (non-hydrogen) atoms. The molecule has 9 heteroatoms. The average molecular weight is 752 g/mol. The van der Waals surface area contributed by atoms with Gasteiger partial charge in [0.05, 0.1) is 39.9 Å². The Bertz CT molecular complexity index is 1030. The van der Waals surface area contributed by atoms with Gasteiger partial charge in [0.25, 0.3) is 0 Å². The first-order chi connectivity index (χ1) is 25.0. The van der Waals surface area contributed by atoms with Gasteiger partial charge in [0.1, 0.15) is 13.2 Å². The van der Waals surface area contributed by atoms with Gasteiger partial charge < -0.3 is 19.8 Å². The van der Waals surface area contributed by atoms with Crippen molar-refractivity contribution in [1.29, 1.82) is 0 Å². The Hall–Kier alpha value is -1.80. The smallest absolute Gasteiger partial charge is 0.387 e. The van der Waals surface area contributed by atoms with Crippen LogP contribution >= 0.6 is 7.82 Å². The van der Waals surface area contributed by atoms with Crippen molar-refractivity contribution in [2.24, 2.45) is 0 Å². The fourth-order valence-corrected chi connectivity index (χ4v) is 6.10. The summed E-state index contributed by atoms with van der Waals surface area (Å²) in [6.45, 7) is 4.65. The first-order valence-corrected chi connectivity index (χ1v) is 22.2. The molecule has 0 radical (unpaired) electrons. The van der Waals surface area contributed by atoms with E-state index < -0.39 is 20.0 Å². The van der Waals surface area contributed by atoms with E-state index in [4.69, 9.17) is 9.05 Å². The fraction of sp³-hybridized carbons (Fsp3) is 0.744. The third-order valence-electron chi connectivity index (χ3n) is 8.70.